The predicted molar refractivity (Wildman–Crippen MR) is 96.5 cm³/mol. The number of para-hydroxylation sites is 1. The molecule has 0 fully saturated rings. The van der Waals surface area contributed by atoms with Gasteiger partial charge >= 0.3 is 0 Å². The summed E-state index contributed by atoms with van der Waals surface area (Å²) in [5.41, 5.74) is 0.494. The van der Waals surface area contributed by atoms with Crippen molar-refractivity contribution in [1.29, 1.82) is 0 Å². The summed E-state index contributed by atoms with van der Waals surface area (Å²) in [4.78, 5) is 0.943. The molecule has 124 valence electrons. The van der Waals surface area contributed by atoms with Crippen molar-refractivity contribution in [1.82, 2.24) is 14.8 Å². The van der Waals surface area contributed by atoms with Crippen molar-refractivity contribution in [2.45, 2.75) is 14.9 Å². The van der Waals surface area contributed by atoms with Gasteiger partial charge in [0.25, 0.3) is 10.0 Å². The van der Waals surface area contributed by atoms with E-state index in [2.05, 4.69) is 30.8 Å². The molecule has 6 nitrogen and oxygen atoms in total. The quantitative estimate of drug-likeness (QED) is 0.677. The van der Waals surface area contributed by atoms with E-state index in [9.17, 15) is 8.42 Å². The fraction of sp³-hybridized carbons (Fsp3) is 0.0667. The van der Waals surface area contributed by atoms with E-state index in [1.165, 1.54) is 11.8 Å². The third-order valence-corrected chi connectivity index (χ3v) is 6.16. The van der Waals surface area contributed by atoms with Crippen LogP contribution in [0.3, 0.4) is 0 Å². The molecule has 1 heterocycles. The molecule has 0 bridgehead atoms. The maximum Gasteiger partial charge on any atom is 0.261 e. The van der Waals surface area contributed by atoms with Gasteiger partial charge in [0.05, 0.1) is 10.6 Å². The number of hydrogen-bond acceptors (Lipinski definition) is 5. The second-order valence-electron chi connectivity index (χ2n) is 4.88. The smallest absolute Gasteiger partial charge is 0.261 e. The monoisotopic (exact) mass is 424 g/mol. The van der Waals surface area contributed by atoms with E-state index in [1.807, 2.05) is 19.2 Å². The standard InChI is InChI=1S/C15H13BrN4O2S2/c1-20-10-17-18-15(20)23-14-5-3-2-4-13(14)19-24(21,22)12-8-6-11(16)7-9-12/h2-10,19H,1H3. The molecule has 24 heavy (non-hydrogen) atoms. The number of sulfonamides is 1. The van der Waals surface area contributed by atoms with Crippen molar-refractivity contribution < 1.29 is 8.42 Å². The van der Waals surface area contributed by atoms with Crippen molar-refractivity contribution >= 4 is 43.4 Å². The number of aryl methyl sites for hydroxylation is 1. The summed E-state index contributed by atoms with van der Waals surface area (Å²) in [7, 11) is -1.84. The van der Waals surface area contributed by atoms with Crippen LogP contribution < -0.4 is 4.72 Å². The molecule has 0 radical (unpaired) electrons. The first-order valence-corrected chi connectivity index (χ1v) is 9.94. The Balaban J connectivity index is 1.90. The first kappa shape index (κ1) is 17.0. The second kappa shape index (κ2) is 6.96. The lowest BCUT2D eigenvalue weighted by Crippen LogP contribution is -2.13. The number of nitrogens with zero attached hydrogens (tertiary/aromatic N) is 3. The third kappa shape index (κ3) is 3.80. The molecule has 0 aliphatic carbocycles. The summed E-state index contributed by atoms with van der Waals surface area (Å²) in [5.74, 6) is 0. The molecule has 9 heteroatoms. The van der Waals surface area contributed by atoms with E-state index in [1.54, 1.807) is 47.3 Å². The number of anilines is 1. The predicted octanol–water partition coefficient (Wildman–Crippen LogP) is 3.53. The summed E-state index contributed by atoms with van der Waals surface area (Å²) in [6.45, 7) is 0. The second-order valence-corrected chi connectivity index (χ2v) is 8.49. The van der Waals surface area contributed by atoms with Crippen molar-refractivity contribution in [3.05, 3.63) is 59.3 Å². The van der Waals surface area contributed by atoms with Crippen LogP contribution in [0.1, 0.15) is 0 Å². The van der Waals surface area contributed by atoms with Crippen LogP contribution in [0.15, 0.2) is 74.3 Å². The van der Waals surface area contributed by atoms with Crippen molar-refractivity contribution in [2.75, 3.05) is 4.72 Å². The summed E-state index contributed by atoms with van der Waals surface area (Å²) < 4.78 is 30.4. The SMILES string of the molecule is Cn1cnnc1Sc1ccccc1NS(=O)(=O)c1ccc(Br)cc1. The molecule has 0 spiro atoms. The highest BCUT2D eigenvalue weighted by Gasteiger charge is 2.17. The van der Waals surface area contributed by atoms with E-state index in [0.717, 1.165) is 9.37 Å². The number of aromatic nitrogens is 3. The molecule has 0 saturated carbocycles. The molecule has 0 aliphatic rings. The summed E-state index contributed by atoms with van der Waals surface area (Å²) in [6.07, 6.45) is 1.59. The van der Waals surface area contributed by atoms with E-state index in [-0.39, 0.29) is 4.90 Å². The van der Waals surface area contributed by atoms with E-state index < -0.39 is 10.0 Å². The summed E-state index contributed by atoms with van der Waals surface area (Å²) >= 11 is 4.64. The van der Waals surface area contributed by atoms with Gasteiger partial charge < -0.3 is 4.57 Å². The van der Waals surface area contributed by atoms with Gasteiger partial charge in [0.15, 0.2) is 5.16 Å². The molecule has 2 aromatic carbocycles. The average molecular weight is 425 g/mol. The molecular weight excluding hydrogens is 412 g/mol. The van der Waals surface area contributed by atoms with Crippen LogP contribution in [0, 0.1) is 0 Å². The van der Waals surface area contributed by atoms with Crippen LogP contribution in [0.4, 0.5) is 5.69 Å². The Morgan fingerprint density at radius 3 is 2.50 bits per heavy atom. The zero-order chi connectivity index (χ0) is 17.2. The van der Waals surface area contributed by atoms with Gasteiger partial charge in [-0.25, -0.2) is 8.42 Å². The van der Waals surface area contributed by atoms with Crippen LogP contribution in [0.5, 0.6) is 0 Å². The maximum absolute atomic E-state index is 12.6. The number of nitrogens with one attached hydrogen (secondary N) is 1. The first-order chi connectivity index (χ1) is 11.5. The van der Waals surface area contributed by atoms with Crippen LogP contribution in [-0.4, -0.2) is 23.2 Å². The lowest BCUT2D eigenvalue weighted by atomic mass is 10.3. The molecule has 1 N–H and O–H groups in total. The topological polar surface area (TPSA) is 76.9 Å². The van der Waals surface area contributed by atoms with Crippen LogP contribution in [-0.2, 0) is 17.1 Å². The highest BCUT2D eigenvalue weighted by molar-refractivity contribution is 9.10. The molecule has 0 amide bonds. The fourth-order valence-electron chi connectivity index (χ4n) is 1.92. The van der Waals surface area contributed by atoms with Gasteiger partial charge in [-0.3, -0.25) is 4.72 Å². The largest absolute Gasteiger partial charge is 0.311 e. The van der Waals surface area contributed by atoms with Crippen molar-refractivity contribution in [2.24, 2.45) is 7.05 Å². The number of benzene rings is 2. The van der Waals surface area contributed by atoms with Gasteiger partial charge in [-0.15, -0.1) is 10.2 Å². The Labute approximate surface area is 152 Å². The molecule has 0 aliphatic heterocycles. The highest BCUT2D eigenvalue weighted by atomic mass is 79.9. The Hall–Kier alpha value is -1.84. The fourth-order valence-corrected chi connectivity index (χ4v) is 4.18. The minimum absolute atomic E-state index is 0.198. The van der Waals surface area contributed by atoms with Gasteiger partial charge in [0.2, 0.25) is 0 Å². The lowest BCUT2D eigenvalue weighted by Gasteiger charge is -2.12. The zero-order valence-corrected chi connectivity index (χ0v) is 15.8. The first-order valence-electron chi connectivity index (χ1n) is 6.85. The molecule has 3 aromatic rings. The van der Waals surface area contributed by atoms with E-state index in [0.29, 0.717) is 10.8 Å². The van der Waals surface area contributed by atoms with E-state index in [4.69, 9.17) is 0 Å². The Kier molecular flexibility index (Phi) is 4.93. The molecule has 0 unspecified atom stereocenters. The zero-order valence-electron chi connectivity index (χ0n) is 12.5. The minimum atomic E-state index is -3.67. The number of halogens is 1. The molecule has 3 rings (SSSR count). The summed E-state index contributed by atoms with van der Waals surface area (Å²) in [6, 6.07) is 13.6. The van der Waals surface area contributed by atoms with Crippen LogP contribution in [0.2, 0.25) is 0 Å². The minimum Gasteiger partial charge on any atom is -0.311 e. The molecular formula is C15H13BrN4O2S2. The number of rotatable bonds is 5. The Morgan fingerprint density at radius 2 is 1.83 bits per heavy atom. The van der Waals surface area contributed by atoms with Gasteiger partial charge in [0.1, 0.15) is 6.33 Å². The molecule has 1 aromatic heterocycles. The van der Waals surface area contributed by atoms with Crippen LogP contribution in [0.25, 0.3) is 0 Å². The number of hydrogen-bond donors (Lipinski definition) is 1. The third-order valence-electron chi connectivity index (χ3n) is 3.13. The van der Waals surface area contributed by atoms with Gasteiger partial charge in [-0.1, -0.05) is 28.1 Å². The Bertz CT molecular complexity index is 956. The van der Waals surface area contributed by atoms with E-state index >= 15 is 0 Å². The van der Waals surface area contributed by atoms with Crippen LogP contribution >= 0.6 is 27.7 Å². The maximum atomic E-state index is 12.6. The normalized spacial score (nSPS) is 11.4. The molecule has 0 saturated heterocycles. The van der Waals surface area contributed by atoms with Gasteiger partial charge in [-0.2, -0.15) is 0 Å². The highest BCUT2D eigenvalue weighted by Crippen LogP contribution is 2.33. The van der Waals surface area contributed by atoms with Gasteiger partial charge in [0, 0.05) is 16.4 Å². The lowest BCUT2D eigenvalue weighted by molar-refractivity contribution is 0.601. The summed E-state index contributed by atoms with van der Waals surface area (Å²) in [5, 5.41) is 8.51. The van der Waals surface area contributed by atoms with Crippen molar-refractivity contribution in [3.63, 3.8) is 0 Å². The molecule has 0 atom stereocenters. The van der Waals surface area contributed by atoms with Crippen molar-refractivity contribution in [3.8, 4) is 0 Å². The Morgan fingerprint density at radius 1 is 1.12 bits per heavy atom. The average Bonchev–Trinajstić information content (AvgIpc) is 2.94. The van der Waals surface area contributed by atoms with Gasteiger partial charge in [-0.05, 0) is 48.2 Å².